The van der Waals surface area contributed by atoms with E-state index < -0.39 is 0 Å². The van der Waals surface area contributed by atoms with Crippen LogP contribution in [0.5, 0.6) is 0 Å². The van der Waals surface area contributed by atoms with E-state index in [0.717, 1.165) is 11.3 Å². The van der Waals surface area contributed by atoms with Crippen LogP contribution in [0.1, 0.15) is 5.56 Å². The molecule has 0 saturated heterocycles. The lowest BCUT2D eigenvalue weighted by molar-refractivity contribution is 0.185. The molecule has 0 aliphatic rings. The molecule has 2 rings (SSSR count). The molecule has 0 saturated carbocycles. The van der Waals surface area contributed by atoms with Crippen LogP contribution in [0, 0.1) is 0 Å². The number of nitrogens with two attached hydrogens (primary N) is 1. The number of hydrazine groups is 1. The highest BCUT2D eigenvalue weighted by molar-refractivity contribution is 7.98. The fourth-order valence-corrected chi connectivity index (χ4v) is 2.10. The number of nitrogen functional groups attached to an aromatic ring is 1. The van der Waals surface area contributed by atoms with E-state index in [4.69, 9.17) is 10.6 Å². The van der Waals surface area contributed by atoms with Crippen LogP contribution in [-0.4, -0.2) is 23.3 Å². The zero-order valence-corrected chi connectivity index (χ0v) is 12.2. The van der Waals surface area contributed by atoms with Crippen LogP contribution in [-0.2, 0) is 11.3 Å². The number of methoxy groups -OCH3 is 1. The molecule has 106 valence electrons. The molecule has 1 heterocycles. The summed E-state index contributed by atoms with van der Waals surface area (Å²) in [6.45, 7) is 0.533. The number of nitrogens with one attached hydrogen (secondary N) is 2. The summed E-state index contributed by atoms with van der Waals surface area (Å²) in [6, 6.07) is 9.67. The van der Waals surface area contributed by atoms with E-state index in [1.54, 1.807) is 13.2 Å². The van der Waals surface area contributed by atoms with Crippen LogP contribution in [0.3, 0.4) is 0 Å². The number of para-hydroxylation sites is 1. The second-order valence-corrected chi connectivity index (χ2v) is 4.76. The molecule has 0 radical (unpaired) electrons. The lowest BCUT2D eigenvalue weighted by Crippen LogP contribution is -2.10. The van der Waals surface area contributed by atoms with Crippen molar-refractivity contribution in [1.29, 1.82) is 0 Å². The van der Waals surface area contributed by atoms with E-state index in [0.29, 0.717) is 23.4 Å². The number of thioether (sulfide) groups is 1. The summed E-state index contributed by atoms with van der Waals surface area (Å²) < 4.78 is 5.19. The second kappa shape index (κ2) is 7.09. The van der Waals surface area contributed by atoms with Gasteiger partial charge in [-0.15, -0.1) is 0 Å². The van der Waals surface area contributed by atoms with Crippen LogP contribution in [0.25, 0.3) is 0 Å². The molecule has 7 heteroatoms. The van der Waals surface area contributed by atoms with Gasteiger partial charge in [0, 0.05) is 24.4 Å². The lowest BCUT2D eigenvalue weighted by Gasteiger charge is -2.12. The molecule has 0 aliphatic carbocycles. The summed E-state index contributed by atoms with van der Waals surface area (Å²) in [5.74, 6) is 6.66. The van der Waals surface area contributed by atoms with Gasteiger partial charge < -0.3 is 15.5 Å². The normalized spacial score (nSPS) is 10.3. The molecule has 20 heavy (non-hydrogen) atoms. The number of ether oxygens (including phenoxy) is 1. The van der Waals surface area contributed by atoms with Crippen molar-refractivity contribution in [3.8, 4) is 0 Å². The number of hydrogen-bond acceptors (Lipinski definition) is 7. The van der Waals surface area contributed by atoms with Gasteiger partial charge in [0.25, 0.3) is 0 Å². The van der Waals surface area contributed by atoms with Gasteiger partial charge in [0.1, 0.15) is 11.6 Å². The van der Waals surface area contributed by atoms with Crippen molar-refractivity contribution in [2.24, 2.45) is 5.84 Å². The van der Waals surface area contributed by atoms with Gasteiger partial charge in [-0.05, 0) is 12.3 Å². The first-order valence-corrected chi connectivity index (χ1v) is 7.23. The Morgan fingerprint density at radius 1 is 1.25 bits per heavy atom. The molecule has 0 amide bonds. The van der Waals surface area contributed by atoms with E-state index in [-0.39, 0.29) is 0 Å². The first-order valence-electron chi connectivity index (χ1n) is 6.00. The Kier molecular flexibility index (Phi) is 5.16. The Bertz CT molecular complexity index is 556. The summed E-state index contributed by atoms with van der Waals surface area (Å²) in [6.07, 6.45) is 1.91. The topological polar surface area (TPSA) is 85.1 Å². The molecule has 2 aromatic rings. The van der Waals surface area contributed by atoms with E-state index in [9.17, 15) is 0 Å². The predicted octanol–water partition coefficient (Wildman–Crippen LogP) is 2.37. The molecule has 0 bridgehead atoms. The van der Waals surface area contributed by atoms with Crippen LogP contribution >= 0.6 is 11.8 Å². The van der Waals surface area contributed by atoms with Gasteiger partial charge in [-0.1, -0.05) is 30.0 Å². The Labute approximate surface area is 122 Å². The molecule has 6 nitrogen and oxygen atoms in total. The average molecular weight is 291 g/mol. The maximum absolute atomic E-state index is 5.42. The summed E-state index contributed by atoms with van der Waals surface area (Å²) >= 11 is 1.46. The van der Waals surface area contributed by atoms with Crippen molar-refractivity contribution in [1.82, 2.24) is 9.97 Å². The van der Waals surface area contributed by atoms with E-state index >= 15 is 0 Å². The van der Waals surface area contributed by atoms with Gasteiger partial charge in [-0.25, -0.2) is 15.8 Å². The Hall–Kier alpha value is -1.83. The molecular formula is C13H17N5OS. The van der Waals surface area contributed by atoms with Gasteiger partial charge in [-0.3, -0.25) is 0 Å². The quantitative estimate of drug-likeness (QED) is 0.326. The van der Waals surface area contributed by atoms with Gasteiger partial charge in [0.15, 0.2) is 5.16 Å². The van der Waals surface area contributed by atoms with Crippen LogP contribution in [0.2, 0.25) is 0 Å². The number of anilines is 3. The fraction of sp³-hybridized carbons (Fsp3) is 0.231. The van der Waals surface area contributed by atoms with Crippen LogP contribution in [0.4, 0.5) is 17.3 Å². The second-order valence-electron chi connectivity index (χ2n) is 3.98. The number of rotatable bonds is 6. The van der Waals surface area contributed by atoms with Crippen molar-refractivity contribution in [2.45, 2.75) is 11.8 Å². The maximum Gasteiger partial charge on any atom is 0.191 e. The van der Waals surface area contributed by atoms with Crippen molar-refractivity contribution in [3.63, 3.8) is 0 Å². The van der Waals surface area contributed by atoms with Gasteiger partial charge >= 0.3 is 0 Å². The van der Waals surface area contributed by atoms with E-state index in [1.165, 1.54) is 11.8 Å². The number of nitrogens with zero attached hydrogens (tertiary/aromatic N) is 2. The lowest BCUT2D eigenvalue weighted by atomic mass is 10.2. The van der Waals surface area contributed by atoms with Gasteiger partial charge in [0.05, 0.1) is 6.61 Å². The van der Waals surface area contributed by atoms with E-state index in [1.807, 2.05) is 30.5 Å². The SMILES string of the molecule is COCc1ccccc1Nc1cc(NN)nc(SC)n1. The third kappa shape index (κ3) is 3.60. The standard InChI is InChI=1S/C13H17N5OS/c1-19-8-9-5-3-4-6-10(9)15-11-7-12(18-14)17-13(16-11)20-2/h3-7H,8,14H2,1-2H3,(H2,15,16,17,18). The molecule has 0 unspecified atom stereocenters. The molecule has 0 spiro atoms. The van der Waals surface area contributed by atoms with Crippen molar-refractivity contribution < 1.29 is 4.74 Å². The smallest absolute Gasteiger partial charge is 0.191 e. The Morgan fingerprint density at radius 2 is 2.00 bits per heavy atom. The summed E-state index contributed by atoms with van der Waals surface area (Å²) in [5.41, 5.74) is 4.54. The largest absolute Gasteiger partial charge is 0.380 e. The third-order valence-electron chi connectivity index (χ3n) is 2.62. The fourth-order valence-electron chi connectivity index (χ4n) is 1.72. The predicted molar refractivity (Wildman–Crippen MR) is 82.1 cm³/mol. The van der Waals surface area contributed by atoms with Gasteiger partial charge in [0.2, 0.25) is 0 Å². The zero-order chi connectivity index (χ0) is 14.4. The number of aromatic nitrogens is 2. The van der Waals surface area contributed by atoms with Crippen LogP contribution in [0.15, 0.2) is 35.5 Å². The maximum atomic E-state index is 5.42. The Morgan fingerprint density at radius 3 is 2.70 bits per heavy atom. The van der Waals surface area contributed by atoms with E-state index in [2.05, 4.69) is 20.7 Å². The zero-order valence-electron chi connectivity index (χ0n) is 11.4. The molecule has 1 aromatic heterocycles. The summed E-state index contributed by atoms with van der Waals surface area (Å²) in [5, 5.41) is 3.91. The average Bonchev–Trinajstić information content (AvgIpc) is 2.49. The molecule has 4 N–H and O–H groups in total. The molecular weight excluding hydrogens is 274 g/mol. The highest BCUT2D eigenvalue weighted by atomic mass is 32.2. The van der Waals surface area contributed by atoms with Gasteiger partial charge in [-0.2, -0.15) is 0 Å². The van der Waals surface area contributed by atoms with Crippen molar-refractivity contribution >= 4 is 29.1 Å². The monoisotopic (exact) mass is 291 g/mol. The highest BCUT2D eigenvalue weighted by Gasteiger charge is 2.06. The molecule has 0 atom stereocenters. The highest BCUT2D eigenvalue weighted by Crippen LogP contribution is 2.23. The van der Waals surface area contributed by atoms with Crippen LogP contribution < -0.4 is 16.6 Å². The first-order chi connectivity index (χ1) is 9.76. The molecule has 0 aliphatic heterocycles. The van der Waals surface area contributed by atoms with Crippen molar-refractivity contribution in [3.05, 3.63) is 35.9 Å². The van der Waals surface area contributed by atoms with Crippen molar-refractivity contribution in [2.75, 3.05) is 24.1 Å². The Balaban J connectivity index is 2.29. The molecule has 1 aromatic carbocycles. The molecule has 0 fully saturated rings. The first kappa shape index (κ1) is 14.6. The minimum Gasteiger partial charge on any atom is -0.380 e. The minimum atomic E-state index is 0.533. The minimum absolute atomic E-state index is 0.533. The third-order valence-corrected chi connectivity index (χ3v) is 3.16. The number of benzene rings is 1. The summed E-state index contributed by atoms with van der Waals surface area (Å²) in [7, 11) is 1.67. The summed E-state index contributed by atoms with van der Waals surface area (Å²) in [4.78, 5) is 8.62. The number of hydrogen-bond donors (Lipinski definition) is 3.